The van der Waals surface area contributed by atoms with Crippen molar-refractivity contribution in [3.05, 3.63) is 57.5 Å². The third-order valence-electron chi connectivity index (χ3n) is 4.21. The summed E-state index contributed by atoms with van der Waals surface area (Å²) < 4.78 is 28.1. The number of sulfonamides is 1. The summed E-state index contributed by atoms with van der Waals surface area (Å²) in [4.78, 5) is 12.5. The van der Waals surface area contributed by atoms with E-state index in [9.17, 15) is 13.2 Å². The SMILES string of the molecule is O=C(Nc1cccc(Br)c1)c1ccc(Cl)c(S(=O)(=O)N2CCCCC2)c1. The molecule has 5 nitrogen and oxygen atoms in total. The second kappa shape index (κ2) is 8.08. The molecular formula is C18H18BrClN2O3S. The summed E-state index contributed by atoms with van der Waals surface area (Å²) in [7, 11) is -3.71. The average Bonchev–Trinajstić information content (AvgIpc) is 2.62. The van der Waals surface area contributed by atoms with E-state index in [1.165, 1.54) is 22.5 Å². The van der Waals surface area contributed by atoms with E-state index >= 15 is 0 Å². The van der Waals surface area contributed by atoms with E-state index < -0.39 is 15.9 Å². The number of piperidine rings is 1. The summed E-state index contributed by atoms with van der Waals surface area (Å²) in [5.74, 6) is -0.394. The van der Waals surface area contributed by atoms with Gasteiger partial charge in [0.2, 0.25) is 10.0 Å². The van der Waals surface area contributed by atoms with E-state index in [1.54, 1.807) is 18.2 Å². The molecule has 2 aromatic carbocycles. The van der Waals surface area contributed by atoms with E-state index in [2.05, 4.69) is 21.2 Å². The number of nitrogens with zero attached hydrogens (tertiary/aromatic N) is 1. The Kier molecular flexibility index (Phi) is 6.02. The molecule has 0 spiro atoms. The van der Waals surface area contributed by atoms with Crippen LogP contribution in [-0.4, -0.2) is 31.7 Å². The maximum absolute atomic E-state index is 12.9. The predicted octanol–water partition coefficient (Wildman–Crippen LogP) is 4.53. The van der Waals surface area contributed by atoms with Gasteiger partial charge in [-0.1, -0.05) is 40.0 Å². The Balaban J connectivity index is 1.88. The van der Waals surface area contributed by atoms with Gasteiger partial charge in [0.25, 0.3) is 5.91 Å². The van der Waals surface area contributed by atoms with Crippen molar-refractivity contribution in [3.63, 3.8) is 0 Å². The average molecular weight is 458 g/mol. The van der Waals surface area contributed by atoms with Gasteiger partial charge in [0, 0.05) is 28.8 Å². The first-order valence-electron chi connectivity index (χ1n) is 8.24. The molecule has 8 heteroatoms. The molecule has 1 fully saturated rings. The Morgan fingerprint density at radius 1 is 1.08 bits per heavy atom. The lowest BCUT2D eigenvalue weighted by Gasteiger charge is -2.26. The number of amides is 1. The summed E-state index contributed by atoms with van der Waals surface area (Å²) in [5.41, 5.74) is 0.852. The molecule has 0 saturated carbocycles. The third kappa shape index (κ3) is 4.28. The van der Waals surface area contributed by atoms with Crippen LogP contribution in [0.3, 0.4) is 0 Å². The van der Waals surface area contributed by atoms with Crippen molar-refractivity contribution in [3.8, 4) is 0 Å². The molecule has 0 atom stereocenters. The number of hydrogen-bond acceptors (Lipinski definition) is 3. The van der Waals surface area contributed by atoms with Gasteiger partial charge in [0.05, 0.1) is 5.02 Å². The minimum absolute atomic E-state index is 0.0250. The highest BCUT2D eigenvalue weighted by Crippen LogP contribution is 2.28. The van der Waals surface area contributed by atoms with Crippen LogP contribution in [0.4, 0.5) is 5.69 Å². The van der Waals surface area contributed by atoms with Crippen LogP contribution in [0.1, 0.15) is 29.6 Å². The molecule has 0 unspecified atom stereocenters. The smallest absolute Gasteiger partial charge is 0.255 e. The van der Waals surface area contributed by atoms with Gasteiger partial charge in [0.15, 0.2) is 0 Å². The monoisotopic (exact) mass is 456 g/mol. The van der Waals surface area contributed by atoms with Crippen molar-refractivity contribution >= 4 is 49.1 Å². The molecule has 138 valence electrons. The molecule has 1 aliphatic rings. The minimum atomic E-state index is -3.71. The van der Waals surface area contributed by atoms with Crippen LogP contribution in [0.15, 0.2) is 51.8 Å². The molecule has 0 aromatic heterocycles. The van der Waals surface area contributed by atoms with E-state index in [0.29, 0.717) is 18.8 Å². The number of halogens is 2. The van der Waals surface area contributed by atoms with Crippen molar-refractivity contribution in [2.75, 3.05) is 18.4 Å². The fourth-order valence-electron chi connectivity index (χ4n) is 2.86. The number of rotatable bonds is 4. The number of carbonyl (C=O) groups is 1. The van der Waals surface area contributed by atoms with Crippen LogP contribution in [0, 0.1) is 0 Å². The van der Waals surface area contributed by atoms with Gasteiger partial charge in [-0.05, 0) is 49.2 Å². The summed E-state index contributed by atoms with van der Waals surface area (Å²) in [6.07, 6.45) is 2.69. The van der Waals surface area contributed by atoms with Gasteiger partial charge in [-0.15, -0.1) is 0 Å². The molecule has 1 heterocycles. The van der Waals surface area contributed by atoms with Gasteiger partial charge in [-0.2, -0.15) is 4.31 Å². The zero-order valence-electron chi connectivity index (χ0n) is 13.9. The highest BCUT2D eigenvalue weighted by atomic mass is 79.9. The summed E-state index contributed by atoms with van der Waals surface area (Å²) >= 11 is 9.49. The summed E-state index contributed by atoms with van der Waals surface area (Å²) in [6, 6.07) is 11.5. The fourth-order valence-corrected chi connectivity index (χ4v) is 5.27. The molecule has 1 amide bonds. The Morgan fingerprint density at radius 2 is 1.81 bits per heavy atom. The molecule has 1 saturated heterocycles. The van der Waals surface area contributed by atoms with Crippen LogP contribution >= 0.6 is 27.5 Å². The molecule has 3 rings (SSSR count). The van der Waals surface area contributed by atoms with Crippen LogP contribution in [0.25, 0.3) is 0 Å². The molecule has 0 aliphatic carbocycles. The van der Waals surface area contributed by atoms with Gasteiger partial charge in [0.1, 0.15) is 4.90 Å². The van der Waals surface area contributed by atoms with E-state index in [4.69, 9.17) is 11.6 Å². The van der Waals surface area contributed by atoms with Crippen LogP contribution in [-0.2, 0) is 10.0 Å². The first kappa shape index (κ1) is 19.4. The van der Waals surface area contributed by atoms with Crippen molar-refractivity contribution in [1.29, 1.82) is 0 Å². The quantitative estimate of drug-likeness (QED) is 0.733. The van der Waals surface area contributed by atoms with Crippen molar-refractivity contribution < 1.29 is 13.2 Å². The van der Waals surface area contributed by atoms with Crippen molar-refractivity contribution in [2.45, 2.75) is 24.2 Å². The Labute approximate surface area is 166 Å². The first-order valence-corrected chi connectivity index (χ1v) is 10.9. The Hall–Kier alpha value is -1.41. The molecule has 0 radical (unpaired) electrons. The van der Waals surface area contributed by atoms with Crippen molar-refractivity contribution in [1.82, 2.24) is 4.31 Å². The number of carbonyl (C=O) groups excluding carboxylic acids is 1. The molecule has 0 bridgehead atoms. The zero-order chi connectivity index (χ0) is 18.7. The van der Waals surface area contributed by atoms with Crippen LogP contribution in [0.2, 0.25) is 5.02 Å². The van der Waals surface area contributed by atoms with Crippen LogP contribution < -0.4 is 5.32 Å². The number of hydrogen-bond donors (Lipinski definition) is 1. The Morgan fingerprint density at radius 3 is 2.50 bits per heavy atom. The molecule has 26 heavy (non-hydrogen) atoms. The maximum Gasteiger partial charge on any atom is 0.255 e. The normalized spacial score (nSPS) is 15.6. The van der Waals surface area contributed by atoms with Gasteiger partial charge in [-0.25, -0.2) is 8.42 Å². The lowest BCUT2D eigenvalue weighted by Crippen LogP contribution is -2.35. The highest BCUT2D eigenvalue weighted by Gasteiger charge is 2.28. The number of nitrogens with one attached hydrogen (secondary N) is 1. The van der Waals surface area contributed by atoms with Crippen LogP contribution in [0.5, 0.6) is 0 Å². The van der Waals surface area contributed by atoms with Gasteiger partial charge in [-0.3, -0.25) is 4.79 Å². The largest absolute Gasteiger partial charge is 0.322 e. The molecule has 1 aliphatic heterocycles. The second-order valence-corrected chi connectivity index (χ2v) is 9.30. The summed E-state index contributed by atoms with van der Waals surface area (Å²) in [6.45, 7) is 0.959. The standard InChI is InChI=1S/C18H18BrClN2O3S/c19-14-5-4-6-15(12-14)21-18(23)13-7-8-16(20)17(11-13)26(24,25)22-9-2-1-3-10-22/h4-8,11-12H,1-3,9-10H2,(H,21,23). The lowest BCUT2D eigenvalue weighted by atomic mass is 10.2. The third-order valence-corrected chi connectivity index (χ3v) is 7.08. The predicted molar refractivity (Wildman–Crippen MR) is 106 cm³/mol. The molecule has 2 aromatic rings. The van der Waals surface area contributed by atoms with E-state index in [0.717, 1.165) is 23.7 Å². The zero-order valence-corrected chi connectivity index (χ0v) is 17.1. The lowest BCUT2D eigenvalue weighted by molar-refractivity contribution is 0.102. The van der Waals surface area contributed by atoms with Crippen molar-refractivity contribution in [2.24, 2.45) is 0 Å². The number of benzene rings is 2. The fraction of sp³-hybridized carbons (Fsp3) is 0.278. The van der Waals surface area contributed by atoms with E-state index in [1.807, 2.05) is 6.07 Å². The topological polar surface area (TPSA) is 66.5 Å². The second-order valence-electron chi connectivity index (χ2n) is 6.07. The minimum Gasteiger partial charge on any atom is -0.322 e. The number of anilines is 1. The highest BCUT2D eigenvalue weighted by molar-refractivity contribution is 9.10. The van der Waals surface area contributed by atoms with Gasteiger partial charge >= 0.3 is 0 Å². The van der Waals surface area contributed by atoms with E-state index in [-0.39, 0.29) is 15.5 Å². The molecular weight excluding hydrogens is 440 g/mol. The van der Waals surface area contributed by atoms with Gasteiger partial charge < -0.3 is 5.32 Å². The first-order chi connectivity index (χ1) is 12.4. The Bertz CT molecular complexity index is 928. The molecule has 1 N–H and O–H groups in total. The maximum atomic E-state index is 12.9. The summed E-state index contributed by atoms with van der Waals surface area (Å²) in [5, 5.41) is 2.88.